The van der Waals surface area contributed by atoms with Crippen molar-refractivity contribution >= 4 is 45.3 Å². The maximum absolute atomic E-state index is 14.7. The molecule has 2 aliphatic heterocycles. The van der Waals surface area contributed by atoms with Gasteiger partial charge in [-0.05, 0) is 68.9 Å². The van der Waals surface area contributed by atoms with Gasteiger partial charge in [-0.3, -0.25) is 19.2 Å². The van der Waals surface area contributed by atoms with Crippen molar-refractivity contribution in [2.75, 3.05) is 18.8 Å². The molecule has 0 radical (unpaired) electrons. The Kier molecular flexibility index (Phi) is 13.0. The van der Waals surface area contributed by atoms with Crippen molar-refractivity contribution in [3.05, 3.63) is 35.4 Å². The largest absolute Gasteiger partial charge is 0.444 e. The molecule has 2 aliphatic carbocycles. The summed E-state index contributed by atoms with van der Waals surface area (Å²) in [7, 11) is -3.62. The SMILES string of the molecule is CC(C)(C)[C@H](NC(=O)NC1(CS(=O)(=O)C(C)(C)C)CCCCC1)C(=O)N1CC(OC(=O)N2CCc3ccccc3C2)C[C@H]1C(=O)CC(CC1CC1)C(=O)C(N)=O. The van der Waals surface area contributed by atoms with Gasteiger partial charge >= 0.3 is 12.1 Å². The predicted molar refractivity (Wildman–Crippen MR) is 210 cm³/mol. The summed E-state index contributed by atoms with van der Waals surface area (Å²) in [6, 6.07) is 4.86. The average molecular weight is 800 g/mol. The third-order valence-electron chi connectivity index (χ3n) is 11.9. The van der Waals surface area contributed by atoms with Crippen LogP contribution < -0.4 is 16.4 Å². The number of fused-ring (bicyclic) bond motifs is 1. The minimum absolute atomic E-state index is 0.0293. The lowest BCUT2D eigenvalue weighted by Crippen LogP contribution is -2.63. The average Bonchev–Trinajstić information content (AvgIpc) is 3.84. The Morgan fingerprint density at radius 2 is 1.61 bits per heavy atom. The maximum Gasteiger partial charge on any atom is 0.410 e. The number of carbonyl (C=O) groups is 6. The Morgan fingerprint density at radius 1 is 0.964 bits per heavy atom. The van der Waals surface area contributed by atoms with Crippen LogP contribution in [0, 0.1) is 17.3 Å². The van der Waals surface area contributed by atoms with Crippen LogP contribution >= 0.6 is 0 Å². The molecule has 0 bridgehead atoms. The number of Topliss-reactive ketones (excluding diaryl/α,β-unsaturated/α-hetero) is 2. The fourth-order valence-electron chi connectivity index (χ4n) is 8.26. The molecule has 4 aliphatic rings. The number of amides is 5. The van der Waals surface area contributed by atoms with Gasteiger partial charge in [0.05, 0.1) is 28.6 Å². The third kappa shape index (κ3) is 10.5. The van der Waals surface area contributed by atoms with Crippen LogP contribution in [-0.2, 0) is 46.7 Å². The number of ether oxygens (including phenoxy) is 1. The number of urea groups is 1. The quantitative estimate of drug-likeness (QED) is 0.245. The van der Waals surface area contributed by atoms with Crippen molar-refractivity contribution < 1.29 is 41.9 Å². The molecule has 0 aromatic heterocycles. The lowest BCUT2D eigenvalue weighted by atomic mass is 9.83. The van der Waals surface area contributed by atoms with Gasteiger partial charge in [0, 0.05) is 31.8 Å². The summed E-state index contributed by atoms with van der Waals surface area (Å²) >= 11 is 0. The summed E-state index contributed by atoms with van der Waals surface area (Å²) < 4.78 is 31.7. The molecule has 310 valence electrons. The van der Waals surface area contributed by atoms with Crippen molar-refractivity contribution in [1.29, 1.82) is 0 Å². The molecule has 5 rings (SSSR count). The van der Waals surface area contributed by atoms with E-state index in [-0.39, 0.29) is 31.1 Å². The highest BCUT2D eigenvalue weighted by Crippen LogP contribution is 2.38. The first-order chi connectivity index (χ1) is 26.1. The fourth-order valence-corrected chi connectivity index (χ4v) is 9.78. The number of sulfone groups is 1. The second-order valence-corrected chi connectivity index (χ2v) is 21.3. The Bertz CT molecular complexity index is 1790. The first kappa shape index (κ1) is 43.1. The normalized spacial score (nSPS) is 22.3. The molecule has 1 aromatic carbocycles. The number of likely N-dealkylation sites (tertiary alicyclic amines) is 1. The standard InChI is InChI=1S/C41H61N5O9S/c1-39(2,3)34(43-37(51)44-41(17-10-7-11-18-41)25-56(53,54)40(4,5)6)36(50)46-24-30(55-38(52)45-19-16-27-12-8-9-13-28(27)23-45)22-31(46)32(47)21-29(20-26-14-15-26)33(48)35(42)49/h8-9,12-13,26,29-31,34H,7,10-11,14-25H2,1-6H3,(H2,42,49)(H2,43,44,51)/t29?,30?,31-,34+/m0/s1. The van der Waals surface area contributed by atoms with E-state index in [9.17, 15) is 37.2 Å². The van der Waals surface area contributed by atoms with Crippen molar-refractivity contribution in [3.63, 3.8) is 0 Å². The molecule has 14 nitrogen and oxygen atoms in total. The summed E-state index contributed by atoms with van der Waals surface area (Å²) in [6.07, 6.45) is 4.30. The molecule has 4 N–H and O–H groups in total. The van der Waals surface area contributed by atoms with Crippen LogP contribution in [0.2, 0.25) is 0 Å². The highest BCUT2D eigenvalue weighted by Gasteiger charge is 2.48. The van der Waals surface area contributed by atoms with E-state index >= 15 is 0 Å². The van der Waals surface area contributed by atoms with Crippen molar-refractivity contribution in [2.45, 2.75) is 147 Å². The zero-order valence-electron chi connectivity index (χ0n) is 33.9. The summed E-state index contributed by atoms with van der Waals surface area (Å²) in [4.78, 5) is 84.0. The van der Waals surface area contributed by atoms with Crippen LogP contribution in [0.15, 0.2) is 24.3 Å². The van der Waals surface area contributed by atoms with E-state index in [0.717, 1.165) is 43.2 Å². The number of rotatable bonds is 13. The van der Waals surface area contributed by atoms with Gasteiger partial charge in [-0.15, -0.1) is 0 Å². The van der Waals surface area contributed by atoms with Gasteiger partial charge in [-0.2, -0.15) is 0 Å². The van der Waals surface area contributed by atoms with Crippen molar-refractivity contribution in [2.24, 2.45) is 23.0 Å². The molecule has 3 fully saturated rings. The van der Waals surface area contributed by atoms with Crippen LogP contribution in [0.25, 0.3) is 0 Å². The number of nitrogens with zero attached hydrogens (tertiary/aromatic N) is 2. The number of nitrogens with one attached hydrogen (secondary N) is 2. The second kappa shape index (κ2) is 16.8. The zero-order chi connectivity index (χ0) is 41.2. The van der Waals surface area contributed by atoms with Gasteiger partial charge in [0.1, 0.15) is 12.1 Å². The van der Waals surface area contributed by atoms with Crippen molar-refractivity contribution in [3.8, 4) is 0 Å². The zero-order valence-corrected chi connectivity index (χ0v) is 34.7. The van der Waals surface area contributed by atoms with Gasteiger partial charge in [-0.25, -0.2) is 18.0 Å². The number of nitrogens with two attached hydrogens (primary N) is 1. The van der Waals surface area contributed by atoms with E-state index in [4.69, 9.17) is 10.5 Å². The number of carbonyl (C=O) groups excluding carboxylic acids is 6. The Balaban J connectivity index is 1.38. The second-order valence-electron chi connectivity index (χ2n) is 18.6. The summed E-state index contributed by atoms with van der Waals surface area (Å²) in [5, 5.41) is 5.81. The first-order valence-electron chi connectivity index (χ1n) is 20.1. The molecule has 4 atom stereocenters. The lowest BCUT2D eigenvalue weighted by Gasteiger charge is -2.41. The van der Waals surface area contributed by atoms with Gasteiger partial charge in [0.2, 0.25) is 11.7 Å². The molecule has 0 spiro atoms. The first-order valence-corrected chi connectivity index (χ1v) is 21.7. The molecule has 1 aromatic rings. The number of hydrogen-bond acceptors (Lipinski definition) is 9. The molecule has 2 saturated carbocycles. The van der Waals surface area contributed by atoms with E-state index in [1.807, 2.05) is 24.3 Å². The Labute approximate surface area is 331 Å². The fraction of sp³-hybridized carbons (Fsp3) is 0.707. The summed E-state index contributed by atoms with van der Waals surface area (Å²) in [5.41, 5.74) is 5.63. The highest BCUT2D eigenvalue weighted by molar-refractivity contribution is 7.92. The molecular weight excluding hydrogens is 739 g/mol. The summed E-state index contributed by atoms with van der Waals surface area (Å²) in [6.45, 7) is 10.9. The van der Waals surface area contributed by atoms with E-state index in [2.05, 4.69) is 10.6 Å². The Morgan fingerprint density at radius 3 is 2.20 bits per heavy atom. The van der Waals surface area contributed by atoms with Gasteiger partial charge < -0.3 is 30.9 Å². The van der Waals surface area contributed by atoms with Gasteiger partial charge in [-0.1, -0.05) is 77.1 Å². The maximum atomic E-state index is 14.7. The third-order valence-corrected chi connectivity index (χ3v) is 14.7. The van der Waals surface area contributed by atoms with Crippen LogP contribution in [-0.4, -0.2) is 101 Å². The van der Waals surface area contributed by atoms with Gasteiger partial charge in [0.15, 0.2) is 15.6 Å². The van der Waals surface area contributed by atoms with Crippen LogP contribution in [0.4, 0.5) is 9.59 Å². The molecule has 5 amide bonds. The number of benzene rings is 1. The van der Waals surface area contributed by atoms with Crippen molar-refractivity contribution in [1.82, 2.24) is 20.4 Å². The van der Waals surface area contributed by atoms with Crippen LogP contribution in [0.1, 0.15) is 117 Å². The van der Waals surface area contributed by atoms with Crippen LogP contribution in [0.3, 0.4) is 0 Å². The van der Waals surface area contributed by atoms with E-state index in [0.29, 0.717) is 38.8 Å². The predicted octanol–water partition coefficient (Wildman–Crippen LogP) is 4.21. The molecule has 15 heteroatoms. The smallest absolute Gasteiger partial charge is 0.410 e. The van der Waals surface area contributed by atoms with Gasteiger partial charge in [0.25, 0.3) is 5.91 Å². The van der Waals surface area contributed by atoms with E-state index in [1.165, 1.54) is 4.90 Å². The minimum atomic E-state index is -3.62. The topological polar surface area (TPSA) is 202 Å². The molecule has 2 unspecified atom stereocenters. The monoisotopic (exact) mass is 799 g/mol. The minimum Gasteiger partial charge on any atom is -0.444 e. The molecule has 2 heterocycles. The number of hydrogen-bond donors (Lipinski definition) is 3. The van der Waals surface area contributed by atoms with Crippen LogP contribution in [0.5, 0.6) is 0 Å². The van der Waals surface area contributed by atoms with E-state index in [1.54, 1.807) is 46.4 Å². The number of ketones is 2. The molecule has 56 heavy (non-hydrogen) atoms. The summed E-state index contributed by atoms with van der Waals surface area (Å²) in [5.74, 6) is -3.96. The van der Waals surface area contributed by atoms with E-state index < -0.39 is 85.1 Å². The molecular formula is C41H61N5O9S. The lowest BCUT2D eigenvalue weighted by molar-refractivity contribution is -0.143. The highest BCUT2D eigenvalue weighted by atomic mass is 32.2. The molecule has 1 saturated heterocycles. The number of primary amides is 1. The Hall–Kier alpha value is -4.01.